The second-order valence-corrected chi connectivity index (χ2v) is 4.99. The van der Waals surface area contributed by atoms with Crippen LogP contribution in [0, 0.1) is 5.82 Å². The van der Waals surface area contributed by atoms with E-state index in [1.165, 1.54) is 11.0 Å². The molecule has 1 aromatic carbocycles. The van der Waals surface area contributed by atoms with Gasteiger partial charge in [0.2, 0.25) is 5.91 Å². The van der Waals surface area contributed by atoms with E-state index in [2.05, 4.69) is 5.32 Å². The summed E-state index contributed by atoms with van der Waals surface area (Å²) in [6.45, 7) is 2.94. The molecule has 0 aliphatic carbocycles. The van der Waals surface area contributed by atoms with Gasteiger partial charge in [-0.1, -0.05) is 0 Å². The Morgan fingerprint density at radius 3 is 2.65 bits per heavy atom. The molecular formula is C13H13FN2O4. The highest BCUT2D eigenvalue weighted by atomic mass is 19.1. The zero-order valence-corrected chi connectivity index (χ0v) is 10.9. The van der Waals surface area contributed by atoms with Crippen molar-refractivity contribution in [2.45, 2.75) is 19.4 Å². The molecule has 2 rings (SSSR count). The van der Waals surface area contributed by atoms with Gasteiger partial charge in [-0.3, -0.25) is 14.9 Å². The number of rotatable bonds is 2. The number of piperazine rings is 1. The van der Waals surface area contributed by atoms with Crippen LogP contribution in [0.15, 0.2) is 18.2 Å². The average molecular weight is 280 g/mol. The van der Waals surface area contributed by atoms with Crippen LogP contribution in [0.25, 0.3) is 0 Å². The maximum atomic E-state index is 13.2. The molecular weight excluding hydrogens is 267 g/mol. The van der Waals surface area contributed by atoms with E-state index in [1.54, 1.807) is 13.8 Å². The highest BCUT2D eigenvalue weighted by Gasteiger charge is 2.42. The van der Waals surface area contributed by atoms with Crippen molar-refractivity contribution in [3.05, 3.63) is 29.6 Å². The molecule has 2 amide bonds. The van der Waals surface area contributed by atoms with Crippen LogP contribution in [0.2, 0.25) is 0 Å². The largest absolute Gasteiger partial charge is 0.478 e. The number of carbonyl (C=O) groups is 3. The Bertz CT molecular complexity index is 612. The number of hydrogen-bond donors (Lipinski definition) is 2. The van der Waals surface area contributed by atoms with Gasteiger partial charge in [-0.05, 0) is 32.0 Å². The SMILES string of the molecule is CC1(C)C(=O)NC(=O)CN1c1ccc(F)cc1C(=O)O. The molecule has 2 N–H and O–H groups in total. The van der Waals surface area contributed by atoms with Crippen LogP contribution in [-0.4, -0.2) is 35.0 Å². The van der Waals surface area contributed by atoms with Gasteiger partial charge in [0.1, 0.15) is 11.4 Å². The fourth-order valence-electron chi connectivity index (χ4n) is 2.08. The number of carboxylic acid groups (broad SMARTS) is 1. The van der Waals surface area contributed by atoms with Crippen LogP contribution in [-0.2, 0) is 9.59 Å². The fourth-order valence-corrected chi connectivity index (χ4v) is 2.08. The highest BCUT2D eigenvalue weighted by Crippen LogP contribution is 2.30. The minimum atomic E-state index is -1.33. The smallest absolute Gasteiger partial charge is 0.337 e. The minimum Gasteiger partial charge on any atom is -0.478 e. The summed E-state index contributed by atoms with van der Waals surface area (Å²) in [5, 5.41) is 11.3. The first-order valence-electron chi connectivity index (χ1n) is 5.88. The molecule has 7 heteroatoms. The summed E-state index contributed by atoms with van der Waals surface area (Å²) in [6.07, 6.45) is 0. The molecule has 0 unspecified atom stereocenters. The summed E-state index contributed by atoms with van der Waals surface area (Å²) >= 11 is 0. The van der Waals surface area contributed by atoms with Crippen LogP contribution < -0.4 is 10.2 Å². The molecule has 0 atom stereocenters. The van der Waals surface area contributed by atoms with Gasteiger partial charge in [0.15, 0.2) is 0 Å². The number of benzene rings is 1. The molecule has 0 aromatic heterocycles. The second kappa shape index (κ2) is 4.59. The van der Waals surface area contributed by atoms with Crippen molar-refractivity contribution >= 4 is 23.5 Å². The van der Waals surface area contributed by atoms with Gasteiger partial charge in [-0.25, -0.2) is 9.18 Å². The highest BCUT2D eigenvalue weighted by molar-refractivity contribution is 6.08. The van der Waals surface area contributed by atoms with Crippen LogP contribution in [0.3, 0.4) is 0 Å². The van der Waals surface area contributed by atoms with E-state index in [4.69, 9.17) is 5.11 Å². The Morgan fingerprint density at radius 2 is 2.05 bits per heavy atom. The van der Waals surface area contributed by atoms with Crippen molar-refractivity contribution in [1.82, 2.24) is 5.32 Å². The molecule has 0 saturated carbocycles. The normalized spacial score (nSPS) is 17.9. The second-order valence-electron chi connectivity index (χ2n) is 4.99. The summed E-state index contributed by atoms with van der Waals surface area (Å²) in [5.41, 5.74) is -1.27. The van der Waals surface area contributed by atoms with Crippen molar-refractivity contribution in [3.8, 4) is 0 Å². The summed E-state index contributed by atoms with van der Waals surface area (Å²) in [6, 6.07) is 3.21. The van der Waals surface area contributed by atoms with E-state index in [0.29, 0.717) is 0 Å². The van der Waals surface area contributed by atoms with E-state index in [9.17, 15) is 18.8 Å². The zero-order valence-electron chi connectivity index (χ0n) is 10.9. The lowest BCUT2D eigenvalue weighted by Gasteiger charge is -2.42. The first-order chi connectivity index (χ1) is 9.23. The fraction of sp³-hybridized carbons (Fsp3) is 0.308. The van der Waals surface area contributed by atoms with Crippen molar-refractivity contribution in [3.63, 3.8) is 0 Å². The lowest BCUT2D eigenvalue weighted by atomic mass is 9.96. The maximum Gasteiger partial charge on any atom is 0.337 e. The first-order valence-corrected chi connectivity index (χ1v) is 5.88. The number of anilines is 1. The molecule has 1 saturated heterocycles. The molecule has 1 aromatic rings. The van der Waals surface area contributed by atoms with Crippen molar-refractivity contribution in [1.29, 1.82) is 0 Å². The molecule has 1 aliphatic rings. The van der Waals surface area contributed by atoms with Crippen molar-refractivity contribution in [2.75, 3.05) is 11.4 Å². The third kappa shape index (κ3) is 2.22. The molecule has 20 heavy (non-hydrogen) atoms. The van der Waals surface area contributed by atoms with Crippen LogP contribution in [0.4, 0.5) is 10.1 Å². The summed E-state index contributed by atoms with van der Waals surface area (Å²) in [7, 11) is 0. The first kappa shape index (κ1) is 14.0. The van der Waals surface area contributed by atoms with E-state index >= 15 is 0 Å². The Balaban J connectivity index is 2.57. The van der Waals surface area contributed by atoms with Gasteiger partial charge in [-0.2, -0.15) is 0 Å². The van der Waals surface area contributed by atoms with Crippen LogP contribution >= 0.6 is 0 Å². The lowest BCUT2D eigenvalue weighted by molar-refractivity contribution is -0.135. The molecule has 1 fully saturated rings. The van der Waals surface area contributed by atoms with Gasteiger partial charge < -0.3 is 10.0 Å². The predicted octanol–water partition coefficient (Wildman–Crippen LogP) is 0.765. The molecule has 1 heterocycles. The van der Waals surface area contributed by atoms with E-state index in [-0.39, 0.29) is 17.8 Å². The molecule has 0 bridgehead atoms. The summed E-state index contributed by atoms with van der Waals surface area (Å²) in [4.78, 5) is 35.9. The average Bonchev–Trinajstić information content (AvgIpc) is 2.34. The number of nitrogens with zero attached hydrogens (tertiary/aromatic N) is 1. The number of carboxylic acids is 1. The number of nitrogens with one attached hydrogen (secondary N) is 1. The standard InChI is InChI=1S/C13H13FN2O4/c1-13(2)12(20)15-10(17)6-16(13)9-4-3-7(14)5-8(9)11(18)19/h3-5H,6H2,1-2H3,(H,18,19)(H,15,17,20). The van der Waals surface area contributed by atoms with Gasteiger partial charge in [-0.15, -0.1) is 0 Å². The number of aromatic carboxylic acids is 1. The van der Waals surface area contributed by atoms with E-state index in [0.717, 1.165) is 12.1 Å². The Labute approximate surface area is 114 Å². The number of carbonyl (C=O) groups excluding carboxylic acids is 2. The molecule has 6 nitrogen and oxygen atoms in total. The minimum absolute atomic E-state index is 0.132. The van der Waals surface area contributed by atoms with Gasteiger partial charge in [0.25, 0.3) is 5.91 Å². The molecule has 106 valence electrons. The number of imide groups is 1. The molecule has 1 aliphatic heterocycles. The topological polar surface area (TPSA) is 86.7 Å². The Kier molecular flexibility index (Phi) is 3.21. The monoisotopic (exact) mass is 280 g/mol. The van der Waals surface area contributed by atoms with Crippen molar-refractivity contribution in [2.24, 2.45) is 0 Å². The molecule has 0 spiro atoms. The number of hydrogen-bond acceptors (Lipinski definition) is 4. The van der Waals surface area contributed by atoms with Crippen LogP contribution in [0.5, 0.6) is 0 Å². The third-order valence-corrected chi connectivity index (χ3v) is 3.26. The van der Waals surface area contributed by atoms with E-state index in [1.807, 2.05) is 0 Å². The van der Waals surface area contributed by atoms with Crippen LogP contribution in [0.1, 0.15) is 24.2 Å². The maximum absolute atomic E-state index is 13.2. The quantitative estimate of drug-likeness (QED) is 0.781. The number of amides is 2. The Hall–Kier alpha value is -2.44. The summed E-state index contributed by atoms with van der Waals surface area (Å²) < 4.78 is 13.2. The third-order valence-electron chi connectivity index (χ3n) is 3.26. The number of halogens is 1. The Morgan fingerprint density at radius 1 is 1.40 bits per heavy atom. The predicted molar refractivity (Wildman–Crippen MR) is 67.9 cm³/mol. The summed E-state index contributed by atoms with van der Waals surface area (Å²) in [5.74, 6) is -3.09. The van der Waals surface area contributed by atoms with Gasteiger partial charge in [0.05, 0.1) is 17.8 Å². The lowest BCUT2D eigenvalue weighted by Crippen LogP contribution is -2.64. The van der Waals surface area contributed by atoms with E-state index < -0.39 is 29.1 Å². The van der Waals surface area contributed by atoms with Crippen molar-refractivity contribution < 1.29 is 23.9 Å². The zero-order chi connectivity index (χ0) is 15.1. The van der Waals surface area contributed by atoms with Gasteiger partial charge >= 0.3 is 5.97 Å². The molecule has 0 radical (unpaired) electrons. The van der Waals surface area contributed by atoms with Gasteiger partial charge in [0, 0.05) is 0 Å².